The zero-order valence-electron chi connectivity index (χ0n) is 7.10. The molecule has 0 heterocycles. The predicted octanol–water partition coefficient (Wildman–Crippen LogP) is 2.31. The lowest BCUT2D eigenvalue weighted by atomic mass is 10.3. The fourth-order valence-corrected chi connectivity index (χ4v) is 1.46. The molecule has 1 N–H and O–H groups in total. The van der Waals surface area contributed by atoms with Crippen molar-refractivity contribution in [2.24, 2.45) is 0 Å². The van der Waals surface area contributed by atoms with Crippen molar-refractivity contribution in [1.82, 2.24) is 0 Å². The van der Waals surface area contributed by atoms with Crippen molar-refractivity contribution >= 4 is 15.9 Å². The molecule has 1 aromatic carbocycles. The number of aromatic hydroxyl groups is 1. The summed E-state index contributed by atoms with van der Waals surface area (Å²) in [5, 5.41) is 9.18. The van der Waals surface area contributed by atoms with Crippen LogP contribution in [0.4, 0.5) is 4.39 Å². The molecule has 0 bridgehead atoms. The lowest BCUT2D eigenvalue weighted by Crippen LogP contribution is -1.93. The third kappa shape index (κ3) is 1.70. The first-order chi connectivity index (χ1) is 6.11. The van der Waals surface area contributed by atoms with E-state index in [1.165, 1.54) is 14.2 Å². The molecule has 5 heteroatoms. The molecule has 1 aromatic rings. The van der Waals surface area contributed by atoms with E-state index in [-0.39, 0.29) is 16.0 Å². The highest BCUT2D eigenvalue weighted by atomic mass is 79.9. The minimum atomic E-state index is -0.760. The Hall–Kier alpha value is -0.970. The Bertz CT molecular complexity index is 328. The first kappa shape index (κ1) is 10.1. The van der Waals surface area contributed by atoms with Gasteiger partial charge in [0, 0.05) is 6.07 Å². The summed E-state index contributed by atoms with van der Waals surface area (Å²) < 4.78 is 22.8. The van der Waals surface area contributed by atoms with Crippen molar-refractivity contribution < 1.29 is 19.0 Å². The summed E-state index contributed by atoms with van der Waals surface area (Å²) >= 11 is 2.99. The quantitative estimate of drug-likeness (QED) is 0.876. The van der Waals surface area contributed by atoms with E-state index in [9.17, 15) is 9.50 Å². The smallest absolute Gasteiger partial charge is 0.178 e. The summed E-state index contributed by atoms with van der Waals surface area (Å²) in [5.74, 6) is -0.756. The van der Waals surface area contributed by atoms with Crippen LogP contribution in [0.25, 0.3) is 0 Å². The fraction of sp³-hybridized carbons (Fsp3) is 0.250. The van der Waals surface area contributed by atoms with Gasteiger partial charge in [0.05, 0.1) is 14.2 Å². The van der Waals surface area contributed by atoms with E-state index in [1.54, 1.807) is 0 Å². The number of rotatable bonds is 2. The Morgan fingerprint density at radius 2 is 2.00 bits per heavy atom. The van der Waals surface area contributed by atoms with Gasteiger partial charge < -0.3 is 14.6 Å². The molecule has 3 nitrogen and oxygen atoms in total. The van der Waals surface area contributed by atoms with Crippen molar-refractivity contribution in [3.8, 4) is 17.2 Å². The van der Waals surface area contributed by atoms with E-state index in [0.29, 0.717) is 0 Å². The molecule has 72 valence electrons. The van der Waals surface area contributed by atoms with Crippen LogP contribution in [0.5, 0.6) is 17.2 Å². The van der Waals surface area contributed by atoms with Crippen molar-refractivity contribution in [1.29, 1.82) is 0 Å². The maximum Gasteiger partial charge on any atom is 0.178 e. The SMILES string of the molecule is COc1cc(F)c(O)c(Br)c1OC. The maximum atomic E-state index is 12.9. The van der Waals surface area contributed by atoms with E-state index in [0.717, 1.165) is 6.07 Å². The normalized spacial score (nSPS) is 9.85. The van der Waals surface area contributed by atoms with Crippen molar-refractivity contribution in [3.63, 3.8) is 0 Å². The van der Waals surface area contributed by atoms with Crippen LogP contribution in [-0.2, 0) is 0 Å². The van der Waals surface area contributed by atoms with Crippen LogP contribution >= 0.6 is 15.9 Å². The number of phenolic OH excluding ortho intramolecular Hbond substituents is 1. The molecule has 0 radical (unpaired) electrons. The first-order valence-electron chi connectivity index (χ1n) is 3.40. The third-order valence-corrected chi connectivity index (χ3v) is 2.27. The van der Waals surface area contributed by atoms with Crippen LogP contribution in [0.2, 0.25) is 0 Å². The van der Waals surface area contributed by atoms with Crippen molar-refractivity contribution in [3.05, 3.63) is 16.4 Å². The van der Waals surface area contributed by atoms with Gasteiger partial charge in [-0.15, -0.1) is 0 Å². The topological polar surface area (TPSA) is 38.7 Å². The summed E-state index contributed by atoms with van der Waals surface area (Å²) in [7, 11) is 2.79. The summed E-state index contributed by atoms with van der Waals surface area (Å²) in [6.45, 7) is 0. The van der Waals surface area contributed by atoms with Crippen LogP contribution in [0.1, 0.15) is 0 Å². The molecular weight excluding hydrogens is 243 g/mol. The molecule has 0 spiro atoms. The molecule has 0 saturated carbocycles. The molecule has 13 heavy (non-hydrogen) atoms. The lowest BCUT2D eigenvalue weighted by Gasteiger charge is -2.10. The highest BCUT2D eigenvalue weighted by molar-refractivity contribution is 9.10. The van der Waals surface area contributed by atoms with Crippen molar-refractivity contribution in [2.75, 3.05) is 14.2 Å². The van der Waals surface area contributed by atoms with Crippen LogP contribution in [-0.4, -0.2) is 19.3 Å². The first-order valence-corrected chi connectivity index (χ1v) is 4.20. The molecular formula is C8H8BrFO3. The zero-order chi connectivity index (χ0) is 10.0. The van der Waals surface area contributed by atoms with Gasteiger partial charge in [-0.2, -0.15) is 0 Å². The van der Waals surface area contributed by atoms with Gasteiger partial charge in [0.2, 0.25) is 0 Å². The second kappa shape index (κ2) is 3.83. The second-order valence-electron chi connectivity index (χ2n) is 2.26. The van der Waals surface area contributed by atoms with E-state index in [1.807, 2.05) is 0 Å². The highest BCUT2D eigenvalue weighted by Gasteiger charge is 2.16. The Labute approximate surface area is 83.2 Å². The summed E-state index contributed by atoms with van der Waals surface area (Å²) in [5.41, 5.74) is 0. The molecule has 0 atom stereocenters. The van der Waals surface area contributed by atoms with Crippen LogP contribution in [0, 0.1) is 5.82 Å². The Morgan fingerprint density at radius 1 is 1.38 bits per heavy atom. The largest absolute Gasteiger partial charge is 0.504 e. The van der Waals surface area contributed by atoms with Gasteiger partial charge in [-0.1, -0.05) is 0 Å². The van der Waals surface area contributed by atoms with E-state index in [2.05, 4.69) is 15.9 Å². The average molecular weight is 251 g/mol. The minimum absolute atomic E-state index is 0.145. The monoisotopic (exact) mass is 250 g/mol. The summed E-state index contributed by atoms with van der Waals surface area (Å²) in [4.78, 5) is 0. The Kier molecular flexibility index (Phi) is 2.98. The predicted molar refractivity (Wildman–Crippen MR) is 48.9 cm³/mol. The number of methoxy groups -OCH3 is 2. The maximum absolute atomic E-state index is 12.9. The Morgan fingerprint density at radius 3 is 2.46 bits per heavy atom. The van der Waals surface area contributed by atoms with E-state index >= 15 is 0 Å². The average Bonchev–Trinajstić information content (AvgIpc) is 2.13. The molecule has 0 aromatic heterocycles. The van der Waals surface area contributed by atoms with Gasteiger partial charge in [-0.3, -0.25) is 0 Å². The van der Waals surface area contributed by atoms with E-state index < -0.39 is 11.6 Å². The van der Waals surface area contributed by atoms with Gasteiger partial charge >= 0.3 is 0 Å². The van der Waals surface area contributed by atoms with Gasteiger partial charge in [0.1, 0.15) is 4.47 Å². The minimum Gasteiger partial charge on any atom is -0.504 e. The number of phenols is 1. The van der Waals surface area contributed by atoms with E-state index in [4.69, 9.17) is 9.47 Å². The Balaban J connectivity index is 3.39. The van der Waals surface area contributed by atoms with Gasteiger partial charge in [0.15, 0.2) is 23.1 Å². The molecule has 0 fully saturated rings. The van der Waals surface area contributed by atoms with Crippen LogP contribution < -0.4 is 9.47 Å². The standard InChI is InChI=1S/C8H8BrFO3/c1-12-5-3-4(10)7(11)6(9)8(5)13-2/h3,11H,1-2H3. The molecule has 0 aliphatic heterocycles. The van der Waals surface area contributed by atoms with Gasteiger partial charge in [0.25, 0.3) is 0 Å². The third-order valence-electron chi connectivity index (χ3n) is 1.54. The molecule has 0 aliphatic rings. The van der Waals surface area contributed by atoms with Crippen LogP contribution in [0.15, 0.2) is 10.5 Å². The molecule has 0 saturated heterocycles. The lowest BCUT2D eigenvalue weighted by molar-refractivity contribution is 0.342. The zero-order valence-corrected chi connectivity index (χ0v) is 8.68. The number of hydrogen-bond donors (Lipinski definition) is 1. The second-order valence-corrected chi connectivity index (χ2v) is 3.05. The number of hydrogen-bond acceptors (Lipinski definition) is 3. The van der Waals surface area contributed by atoms with Crippen LogP contribution in [0.3, 0.4) is 0 Å². The van der Waals surface area contributed by atoms with Crippen molar-refractivity contribution in [2.45, 2.75) is 0 Å². The summed E-state index contributed by atoms with van der Waals surface area (Å²) in [6, 6.07) is 1.05. The molecule has 0 amide bonds. The molecule has 0 unspecified atom stereocenters. The number of benzene rings is 1. The highest BCUT2D eigenvalue weighted by Crippen LogP contribution is 2.42. The molecule has 0 aliphatic carbocycles. The number of ether oxygens (including phenoxy) is 2. The summed E-state index contributed by atoms with van der Waals surface area (Å²) in [6.07, 6.45) is 0. The fourth-order valence-electron chi connectivity index (χ4n) is 0.911. The van der Waals surface area contributed by atoms with Gasteiger partial charge in [-0.05, 0) is 15.9 Å². The van der Waals surface area contributed by atoms with Gasteiger partial charge in [-0.25, -0.2) is 4.39 Å². The number of halogens is 2. The molecule has 1 rings (SSSR count).